The number of halogens is 1. The van der Waals surface area contributed by atoms with Gasteiger partial charge in [0.1, 0.15) is 0 Å². The molecule has 0 aromatic heterocycles. The smallest absolute Gasteiger partial charge is 0.339 e. The highest BCUT2D eigenvalue weighted by Crippen LogP contribution is 2.29. The summed E-state index contributed by atoms with van der Waals surface area (Å²) in [6, 6.07) is 5.48. The van der Waals surface area contributed by atoms with E-state index >= 15 is 0 Å². The maximum absolute atomic E-state index is 11.5. The number of ether oxygens (including phenoxy) is 1. The zero-order valence-electron chi connectivity index (χ0n) is 12.3. The van der Waals surface area contributed by atoms with Gasteiger partial charge in [-0.1, -0.05) is 11.6 Å². The molecule has 0 unspecified atom stereocenters. The Kier molecular flexibility index (Phi) is 5.88. The fourth-order valence-corrected chi connectivity index (χ4v) is 3.09. The maximum atomic E-state index is 11.5. The minimum Gasteiger partial charge on any atom is -0.465 e. The van der Waals surface area contributed by atoms with Crippen molar-refractivity contribution in [3.05, 3.63) is 28.8 Å². The minimum absolute atomic E-state index is 0.283. The Hall–Kier alpha value is -1.26. The number of aliphatic hydroxyl groups excluding tert-OH is 1. The first kappa shape index (κ1) is 16.1. The molecular formula is C16H22ClNO3. The van der Waals surface area contributed by atoms with E-state index in [1.54, 1.807) is 6.07 Å². The molecule has 1 aliphatic heterocycles. The van der Waals surface area contributed by atoms with Gasteiger partial charge in [-0.25, -0.2) is 4.79 Å². The summed E-state index contributed by atoms with van der Waals surface area (Å²) >= 11 is 6.16. The number of aliphatic hydroxyl groups is 1. The second-order valence-electron chi connectivity index (χ2n) is 5.45. The SMILES string of the molecule is COC(=O)c1ccc(N2CCC(CCCO)CC2)cc1Cl. The van der Waals surface area contributed by atoms with Crippen LogP contribution in [0.1, 0.15) is 36.0 Å². The lowest BCUT2D eigenvalue weighted by atomic mass is 9.92. The van der Waals surface area contributed by atoms with Gasteiger partial charge in [-0.05, 0) is 49.8 Å². The van der Waals surface area contributed by atoms with E-state index in [9.17, 15) is 4.79 Å². The predicted octanol–water partition coefficient (Wildman–Crippen LogP) is 3.12. The number of benzene rings is 1. The van der Waals surface area contributed by atoms with Gasteiger partial charge in [0, 0.05) is 25.4 Å². The summed E-state index contributed by atoms with van der Waals surface area (Å²) in [4.78, 5) is 13.8. The van der Waals surface area contributed by atoms with Crippen molar-refractivity contribution in [3.63, 3.8) is 0 Å². The van der Waals surface area contributed by atoms with E-state index in [0.717, 1.165) is 44.5 Å². The summed E-state index contributed by atoms with van der Waals surface area (Å²) in [7, 11) is 1.35. The number of anilines is 1. The van der Waals surface area contributed by atoms with Crippen molar-refractivity contribution < 1.29 is 14.6 Å². The number of methoxy groups -OCH3 is 1. The van der Waals surface area contributed by atoms with Crippen LogP contribution >= 0.6 is 11.6 Å². The Morgan fingerprint density at radius 2 is 2.14 bits per heavy atom. The van der Waals surface area contributed by atoms with Crippen LogP contribution < -0.4 is 4.90 Å². The Morgan fingerprint density at radius 1 is 1.43 bits per heavy atom. The highest BCUT2D eigenvalue weighted by molar-refractivity contribution is 6.33. The number of carbonyl (C=O) groups excluding carboxylic acids is 1. The van der Waals surface area contributed by atoms with Gasteiger partial charge in [-0.15, -0.1) is 0 Å². The van der Waals surface area contributed by atoms with Crippen molar-refractivity contribution in [3.8, 4) is 0 Å². The molecule has 1 heterocycles. The molecule has 1 aromatic carbocycles. The average molecular weight is 312 g/mol. The molecule has 1 fully saturated rings. The molecule has 1 aliphatic rings. The van der Waals surface area contributed by atoms with Crippen LogP contribution in [0.2, 0.25) is 5.02 Å². The minimum atomic E-state index is -0.408. The Morgan fingerprint density at radius 3 is 2.71 bits per heavy atom. The third-order valence-corrected chi connectivity index (χ3v) is 4.42. The molecule has 0 spiro atoms. The quantitative estimate of drug-likeness (QED) is 0.849. The van der Waals surface area contributed by atoms with Crippen LogP contribution in [-0.2, 0) is 4.74 Å². The molecule has 1 aromatic rings. The number of carbonyl (C=O) groups is 1. The van der Waals surface area contributed by atoms with Crippen molar-refractivity contribution in [1.29, 1.82) is 0 Å². The van der Waals surface area contributed by atoms with Crippen LogP contribution in [0.3, 0.4) is 0 Å². The third kappa shape index (κ3) is 4.11. The van der Waals surface area contributed by atoms with E-state index in [-0.39, 0.29) is 6.61 Å². The normalized spacial score (nSPS) is 16.0. The van der Waals surface area contributed by atoms with Crippen LogP contribution in [0.4, 0.5) is 5.69 Å². The number of nitrogens with zero attached hydrogens (tertiary/aromatic N) is 1. The number of hydrogen-bond donors (Lipinski definition) is 1. The lowest BCUT2D eigenvalue weighted by molar-refractivity contribution is 0.0601. The highest BCUT2D eigenvalue weighted by Gasteiger charge is 2.20. The summed E-state index contributed by atoms with van der Waals surface area (Å²) in [6.45, 7) is 2.26. The molecule has 116 valence electrons. The summed E-state index contributed by atoms with van der Waals surface area (Å²) in [5.74, 6) is 0.299. The first-order valence-electron chi connectivity index (χ1n) is 7.39. The monoisotopic (exact) mass is 311 g/mol. The van der Waals surface area contributed by atoms with E-state index < -0.39 is 5.97 Å². The van der Waals surface area contributed by atoms with Gasteiger partial charge >= 0.3 is 5.97 Å². The van der Waals surface area contributed by atoms with Gasteiger partial charge in [0.15, 0.2) is 0 Å². The van der Waals surface area contributed by atoms with Crippen molar-refractivity contribution in [2.24, 2.45) is 5.92 Å². The topological polar surface area (TPSA) is 49.8 Å². The molecule has 0 saturated carbocycles. The molecular weight excluding hydrogens is 290 g/mol. The molecule has 1 N–H and O–H groups in total. The molecule has 0 atom stereocenters. The van der Waals surface area contributed by atoms with Crippen molar-refractivity contribution in [2.75, 3.05) is 31.7 Å². The molecule has 0 amide bonds. The number of hydrogen-bond acceptors (Lipinski definition) is 4. The Balaban J connectivity index is 1.97. The first-order chi connectivity index (χ1) is 10.2. The van der Waals surface area contributed by atoms with Crippen molar-refractivity contribution in [1.82, 2.24) is 0 Å². The van der Waals surface area contributed by atoms with E-state index in [2.05, 4.69) is 4.90 Å². The molecule has 5 heteroatoms. The van der Waals surface area contributed by atoms with Crippen LogP contribution in [0.25, 0.3) is 0 Å². The number of esters is 1. The van der Waals surface area contributed by atoms with Gasteiger partial charge in [0.05, 0.1) is 17.7 Å². The Labute approximate surface area is 130 Å². The van der Waals surface area contributed by atoms with Gasteiger partial charge in [0.25, 0.3) is 0 Å². The van der Waals surface area contributed by atoms with Crippen LogP contribution in [-0.4, -0.2) is 37.9 Å². The lowest BCUT2D eigenvalue weighted by Gasteiger charge is -2.33. The second-order valence-corrected chi connectivity index (χ2v) is 5.86. The van der Waals surface area contributed by atoms with E-state index in [1.165, 1.54) is 7.11 Å². The molecule has 0 radical (unpaired) electrons. The predicted molar refractivity (Wildman–Crippen MR) is 84.0 cm³/mol. The molecule has 21 heavy (non-hydrogen) atoms. The second kappa shape index (κ2) is 7.66. The fourth-order valence-electron chi connectivity index (χ4n) is 2.84. The molecule has 2 rings (SSSR count). The zero-order valence-corrected chi connectivity index (χ0v) is 13.1. The number of piperidine rings is 1. The molecule has 4 nitrogen and oxygen atoms in total. The largest absolute Gasteiger partial charge is 0.465 e. The van der Waals surface area contributed by atoms with Crippen molar-refractivity contribution in [2.45, 2.75) is 25.7 Å². The molecule has 0 aliphatic carbocycles. The summed E-state index contributed by atoms with van der Waals surface area (Å²) < 4.78 is 4.70. The standard InChI is InChI=1S/C16H22ClNO3/c1-21-16(20)14-5-4-13(11-15(14)17)18-8-6-12(7-9-18)3-2-10-19/h4-5,11-12,19H,2-3,6-10H2,1H3. The van der Waals surface area contributed by atoms with Gasteiger partial charge in [0.2, 0.25) is 0 Å². The summed E-state index contributed by atoms with van der Waals surface area (Å²) in [5.41, 5.74) is 1.45. The van der Waals surface area contributed by atoms with Crippen LogP contribution in [0, 0.1) is 5.92 Å². The average Bonchev–Trinajstić information content (AvgIpc) is 2.52. The van der Waals surface area contributed by atoms with Crippen LogP contribution in [0.5, 0.6) is 0 Å². The van der Waals surface area contributed by atoms with E-state index in [0.29, 0.717) is 16.5 Å². The third-order valence-electron chi connectivity index (χ3n) is 4.11. The van der Waals surface area contributed by atoms with Crippen molar-refractivity contribution >= 4 is 23.3 Å². The maximum Gasteiger partial charge on any atom is 0.339 e. The first-order valence-corrected chi connectivity index (χ1v) is 7.77. The van der Waals surface area contributed by atoms with E-state index in [4.69, 9.17) is 21.4 Å². The number of rotatable bonds is 5. The van der Waals surface area contributed by atoms with E-state index in [1.807, 2.05) is 12.1 Å². The zero-order chi connectivity index (χ0) is 15.2. The fraction of sp³-hybridized carbons (Fsp3) is 0.562. The van der Waals surface area contributed by atoms with Crippen LogP contribution in [0.15, 0.2) is 18.2 Å². The molecule has 0 bridgehead atoms. The Bertz CT molecular complexity index is 484. The molecule has 1 saturated heterocycles. The summed E-state index contributed by atoms with van der Waals surface area (Å²) in [5, 5.41) is 9.32. The van der Waals surface area contributed by atoms with Gasteiger partial charge in [-0.2, -0.15) is 0 Å². The lowest BCUT2D eigenvalue weighted by Crippen LogP contribution is -2.33. The van der Waals surface area contributed by atoms with Gasteiger partial charge < -0.3 is 14.7 Å². The summed E-state index contributed by atoms with van der Waals surface area (Å²) in [6.07, 6.45) is 4.27. The van der Waals surface area contributed by atoms with Gasteiger partial charge in [-0.3, -0.25) is 0 Å². The highest BCUT2D eigenvalue weighted by atomic mass is 35.5.